The molecule has 0 radical (unpaired) electrons. The minimum absolute atomic E-state index is 0.0412. The summed E-state index contributed by atoms with van der Waals surface area (Å²) < 4.78 is 0. The van der Waals surface area contributed by atoms with E-state index in [4.69, 9.17) is 0 Å². The highest BCUT2D eigenvalue weighted by Crippen LogP contribution is 2.22. The smallest absolute Gasteiger partial charge is 0.255 e. The molecular formula is C15H22N2O4S. The second-order valence-corrected chi connectivity index (χ2v) is 6.45. The summed E-state index contributed by atoms with van der Waals surface area (Å²) in [6.07, 6.45) is -0.638. The molecule has 3 N–H and O–H groups in total. The number of carbonyl (C=O) groups excluding carboxylic acids is 2. The van der Waals surface area contributed by atoms with Crippen LogP contribution in [-0.4, -0.2) is 57.8 Å². The largest absolute Gasteiger partial charge is 0.388 e. The van der Waals surface area contributed by atoms with Gasteiger partial charge < -0.3 is 20.4 Å². The van der Waals surface area contributed by atoms with Gasteiger partial charge in [0.1, 0.15) is 18.2 Å². The Balaban J connectivity index is 2.14. The van der Waals surface area contributed by atoms with Crippen LogP contribution in [0.1, 0.15) is 37.0 Å². The Hall–Kier alpha value is -1.44. The molecule has 1 aromatic heterocycles. The van der Waals surface area contributed by atoms with Crippen molar-refractivity contribution >= 4 is 23.2 Å². The molecule has 2 amide bonds. The van der Waals surface area contributed by atoms with Gasteiger partial charge in [0.15, 0.2) is 0 Å². The maximum atomic E-state index is 12.5. The Morgan fingerprint density at radius 2 is 2.23 bits per heavy atom. The number of aliphatic hydroxyl groups is 2. The summed E-state index contributed by atoms with van der Waals surface area (Å²) in [6, 6.07) is 0.570. The topological polar surface area (TPSA) is 89.9 Å². The SMILES string of the molecule is CCCC(C)NC(=O)C1[C@H](O)[C@@H](O)CN1C(=O)c1ccsc1. The number of thiophene rings is 1. The molecule has 1 aliphatic rings. The number of hydrogen-bond acceptors (Lipinski definition) is 5. The van der Waals surface area contributed by atoms with Crippen molar-refractivity contribution in [3.05, 3.63) is 22.4 Å². The van der Waals surface area contributed by atoms with Crippen LogP contribution in [0.3, 0.4) is 0 Å². The predicted octanol–water partition coefficient (Wildman–Crippen LogP) is 0.599. The molecule has 7 heteroatoms. The van der Waals surface area contributed by atoms with Crippen LogP contribution in [0.15, 0.2) is 16.8 Å². The van der Waals surface area contributed by atoms with Crippen LogP contribution in [0.4, 0.5) is 0 Å². The number of nitrogens with zero attached hydrogens (tertiary/aromatic N) is 1. The van der Waals surface area contributed by atoms with E-state index < -0.39 is 24.2 Å². The van der Waals surface area contributed by atoms with E-state index in [1.165, 1.54) is 16.2 Å². The van der Waals surface area contributed by atoms with Crippen molar-refractivity contribution in [1.29, 1.82) is 0 Å². The Morgan fingerprint density at radius 1 is 1.50 bits per heavy atom. The summed E-state index contributed by atoms with van der Waals surface area (Å²) in [5, 5.41) is 26.2. The van der Waals surface area contributed by atoms with Crippen molar-refractivity contribution in [3.8, 4) is 0 Å². The van der Waals surface area contributed by atoms with Gasteiger partial charge in [0.25, 0.3) is 5.91 Å². The third-order valence-electron chi connectivity index (χ3n) is 3.85. The lowest BCUT2D eigenvalue weighted by Crippen LogP contribution is -2.52. The summed E-state index contributed by atoms with van der Waals surface area (Å²) in [5.41, 5.74) is 0.464. The minimum atomic E-state index is -1.27. The number of rotatable bonds is 5. The molecule has 2 heterocycles. The molecule has 0 aromatic carbocycles. The van der Waals surface area contributed by atoms with Crippen molar-refractivity contribution < 1.29 is 19.8 Å². The molecule has 0 bridgehead atoms. The Morgan fingerprint density at radius 3 is 2.82 bits per heavy atom. The maximum Gasteiger partial charge on any atom is 0.255 e. The molecule has 0 saturated carbocycles. The van der Waals surface area contributed by atoms with E-state index >= 15 is 0 Å². The third kappa shape index (κ3) is 3.48. The molecule has 0 spiro atoms. The summed E-state index contributed by atoms with van der Waals surface area (Å²) >= 11 is 1.38. The standard InChI is InChI=1S/C15H22N2O4S/c1-3-4-9(2)16-14(20)12-13(19)11(18)7-17(12)15(21)10-5-6-22-8-10/h5-6,8-9,11-13,18-19H,3-4,7H2,1-2H3,(H,16,20)/t9?,11-,12?,13+/m0/s1. The Kier molecular flexibility index (Phi) is 5.55. The second-order valence-electron chi connectivity index (χ2n) is 5.67. The lowest BCUT2D eigenvalue weighted by Gasteiger charge is -2.26. The number of amides is 2. The van der Waals surface area contributed by atoms with Crippen LogP contribution in [0, 0.1) is 0 Å². The van der Waals surface area contributed by atoms with Gasteiger partial charge in [-0.2, -0.15) is 11.3 Å². The number of carbonyl (C=O) groups is 2. The first kappa shape index (κ1) is 16.9. The van der Waals surface area contributed by atoms with Crippen LogP contribution >= 0.6 is 11.3 Å². The number of hydrogen-bond donors (Lipinski definition) is 3. The fourth-order valence-corrected chi connectivity index (χ4v) is 3.34. The van der Waals surface area contributed by atoms with Crippen molar-refractivity contribution in [2.24, 2.45) is 0 Å². The fraction of sp³-hybridized carbons (Fsp3) is 0.600. The first-order valence-electron chi connectivity index (χ1n) is 7.45. The first-order chi connectivity index (χ1) is 10.5. The lowest BCUT2D eigenvalue weighted by molar-refractivity contribution is -0.128. The maximum absolute atomic E-state index is 12.5. The first-order valence-corrected chi connectivity index (χ1v) is 8.39. The molecule has 1 aliphatic heterocycles. The van der Waals surface area contributed by atoms with Crippen LogP contribution in [0.5, 0.6) is 0 Å². The number of aliphatic hydroxyl groups excluding tert-OH is 2. The number of likely N-dealkylation sites (tertiary alicyclic amines) is 1. The Labute approximate surface area is 133 Å². The van der Waals surface area contributed by atoms with E-state index in [0.29, 0.717) is 5.56 Å². The van der Waals surface area contributed by atoms with Gasteiger partial charge in [0.2, 0.25) is 5.91 Å². The van der Waals surface area contributed by atoms with E-state index in [9.17, 15) is 19.8 Å². The van der Waals surface area contributed by atoms with Crippen molar-refractivity contribution in [3.63, 3.8) is 0 Å². The predicted molar refractivity (Wildman–Crippen MR) is 83.7 cm³/mol. The van der Waals surface area contributed by atoms with Gasteiger partial charge in [-0.1, -0.05) is 13.3 Å². The van der Waals surface area contributed by atoms with Gasteiger partial charge >= 0.3 is 0 Å². The second kappa shape index (κ2) is 7.21. The highest BCUT2D eigenvalue weighted by Gasteiger charge is 2.46. The van der Waals surface area contributed by atoms with E-state index in [0.717, 1.165) is 12.8 Å². The monoisotopic (exact) mass is 326 g/mol. The molecule has 0 aliphatic carbocycles. The molecule has 1 fully saturated rings. The highest BCUT2D eigenvalue weighted by atomic mass is 32.1. The normalized spacial score (nSPS) is 26.0. The van der Waals surface area contributed by atoms with Gasteiger partial charge in [0, 0.05) is 11.4 Å². The number of β-amino-alcohol motifs (C(OH)–C–C–N with tert-alkyl or cyclic N) is 1. The quantitative estimate of drug-likeness (QED) is 0.739. The zero-order valence-electron chi connectivity index (χ0n) is 12.7. The molecule has 2 unspecified atom stereocenters. The van der Waals surface area contributed by atoms with Crippen molar-refractivity contribution in [2.75, 3.05) is 6.54 Å². The lowest BCUT2D eigenvalue weighted by atomic mass is 10.1. The van der Waals surface area contributed by atoms with Crippen LogP contribution in [0.25, 0.3) is 0 Å². The molecule has 6 nitrogen and oxygen atoms in total. The van der Waals surface area contributed by atoms with Crippen LogP contribution < -0.4 is 5.32 Å². The average molecular weight is 326 g/mol. The molecule has 4 atom stereocenters. The summed E-state index contributed by atoms with van der Waals surface area (Å²) in [5.74, 6) is -0.770. The molecule has 2 rings (SSSR count). The Bertz CT molecular complexity index is 520. The van der Waals surface area contributed by atoms with Gasteiger partial charge in [0.05, 0.1) is 12.1 Å². The van der Waals surface area contributed by atoms with Crippen molar-refractivity contribution in [1.82, 2.24) is 10.2 Å². The molecule has 1 aromatic rings. The van der Waals surface area contributed by atoms with Crippen LogP contribution in [0.2, 0.25) is 0 Å². The van der Waals surface area contributed by atoms with Crippen LogP contribution in [-0.2, 0) is 4.79 Å². The van der Waals surface area contributed by atoms with E-state index in [2.05, 4.69) is 5.32 Å². The third-order valence-corrected chi connectivity index (χ3v) is 4.53. The van der Waals surface area contributed by atoms with Crippen molar-refractivity contribution in [2.45, 2.75) is 51.0 Å². The summed E-state index contributed by atoms with van der Waals surface area (Å²) in [7, 11) is 0. The van der Waals surface area contributed by atoms with Gasteiger partial charge in [-0.15, -0.1) is 0 Å². The van der Waals surface area contributed by atoms with E-state index in [-0.39, 0.29) is 18.5 Å². The minimum Gasteiger partial charge on any atom is -0.388 e. The van der Waals surface area contributed by atoms with Gasteiger partial charge in [-0.05, 0) is 24.8 Å². The van der Waals surface area contributed by atoms with Gasteiger partial charge in [-0.3, -0.25) is 9.59 Å². The van der Waals surface area contributed by atoms with E-state index in [1.807, 2.05) is 13.8 Å². The molecule has 22 heavy (non-hydrogen) atoms. The fourth-order valence-electron chi connectivity index (χ4n) is 2.71. The molecular weight excluding hydrogens is 304 g/mol. The van der Waals surface area contributed by atoms with Gasteiger partial charge in [-0.25, -0.2) is 0 Å². The zero-order valence-corrected chi connectivity index (χ0v) is 13.5. The summed E-state index contributed by atoms with van der Waals surface area (Å²) in [6.45, 7) is 3.85. The average Bonchev–Trinajstić information content (AvgIpc) is 3.08. The zero-order chi connectivity index (χ0) is 16.3. The summed E-state index contributed by atoms with van der Waals surface area (Å²) in [4.78, 5) is 26.1. The van der Waals surface area contributed by atoms with E-state index in [1.54, 1.807) is 16.8 Å². The highest BCUT2D eigenvalue weighted by molar-refractivity contribution is 7.08. The number of nitrogens with one attached hydrogen (secondary N) is 1. The molecule has 122 valence electrons. The molecule has 1 saturated heterocycles.